The molecule has 0 radical (unpaired) electrons. The number of nitrogens with zero attached hydrogens (tertiary/aromatic N) is 3. The first-order valence-corrected chi connectivity index (χ1v) is 10.7. The first-order chi connectivity index (χ1) is 15.0. The quantitative estimate of drug-likeness (QED) is 0.244. The average Bonchev–Trinajstić information content (AvgIpc) is 2.96. The van der Waals surface area contributed by atoms with Gasteiger partial charge in [0.2, 0.25) is 6.29 Å². The highest BCUT2D eigenvalue weighted by molar-refractivity contribution is 6.33. The number of aromatic nitrogens is 2. The van der Waals surface area contributed by atoms with Crippen molar-refractivity contribution in [2.45, 2.75) is 46.3 Å². The van der Waals surface area contributed by atoms with Gasteiger partial charge in [-0.05, 0) is 23.5 Å². The van der Waals surface area contributed by atoms with Crippen LogP contribution in [0.3, 0.4) is 0 Å². The number of carbonyl (C=O) groups excluding carboxylic acids is 1. The molecule has 174 valence electrons. The Labute approximate surface area is 195 Å². The molecule has 0 fully saturated rings. The molecule has 7 nitrogen and oxygen atoms in total. The molecule has 0 bridgehead atoms. The Morgan fingerprint density at radius 3 is 2.34 bits per heavy atom. The molecule has 0 aliphatic rings. The van der Waals surface area contributed by atoms with Crippen LogP contribution >= 0.6 is 11.6 Å². The third-order valence-electron chi connectivity index (χ3n) is 4.77. The van der Waals surface area contributed by atoms with Gasteiger partial charge < -0.3 is 14.2 Å². The van der Waals surface area contributed by atoms with Gasteiger partial charge in [-0.15, -0.1) is 0 Å². The molecular formula is C24H32ClN3O4. The minimum absolute atomic E-state index is 0.0209. The van der Waals surface area contributed by atoms with Gasteiger partial charge in [0, 0.05) is 39.9 Å². The van der Waals surface area contributed by atoms with E-state index in [2.05, 4.69) is 43.0 Å². The summed E-state index contributed by atoms with van der Waals surface area (Å²) in [5, 5.41) is 4.86. The lowest BCUT2D eigenvalue weighted by atomic mass is 9.86. The lowest BCUT2D eigenvalue weighted by Gasteiger charge is -2.22. The lowest BCUT2D eigenvalue weighted by molar-refractivity contribution is -0.168. The van der Waals surface area contributed by atoms with Gasteiger partial charge in [-0.2, -0.15) is 5.10 Å². The normalized spacial score (nSPS) is 13.8. The summed E-state index contributed by atoms with van der Waals surface area (Å²) in [5.74, 6) is -0.128. The smallest absolute Gasteiger partial charge is 0.335 e. The summed E-state index contributed by atoms with van der Waals surface area (Å²) < 4.78 is 17.9. The highest BCUT2D eigenvalue weighted by atomic mass is 35.5. The Morgan fingerprint density at radius 1 is 1.25 bits per heavy atom. The van der Waals surface area contributed by atoms with Gasteiger partial charge in [0.25, 0.3) is 0 Å². The molecule has 0 aliphatic heterocycles. The fraction of sp³-hybridized carbons (Fsp3) is 0.458. The zero-order valence-corrected chi connectivity index (χ0v) is 20.8. The number of ether oxygens (including phenoxy) is 3. The molecule has 0 spiro atoms. The Kier molecular flexibility index (Phi) is 8.64. The van der Waals surface area contributed by atoms with Gasteiger partial charge in [0.15, 0.2) is 5.76 Å². The number of aryl methyl sites for hydroxylation is 2. The standard InChI is InChI=1S/C24H32ClN3O4/c1-15-21(25)22(28(7)27-15)23(32-16(2)31-20(29)14-30-8)19(13-26-6)17-9-11-18(12-10-17)24(3,4)5/h9-13,16H,14H2,1-8H3/b23-19-,26-13-. The summed E-state index contributed by atoms with van der Waals surface area (Å²) in [7, 11) is 4.88. The van der Waals surface area contributed by atoms with Crippen LogP contribution in [-0.4, -0.2) is 49.0 Å². The number of methoxy groups -OCH3 is 1. The Balaban J connectivity index is 2.65. The molecule has 0 amide bonds. The van der Waals surface area contributed by atoms with Crippen LogP contribution in [-0.2, 0) is 31.5 Å². The van der Waals surface area contributed by atoms with E-state index in [1.54, 1.807) is 31.9 Å². The van der Waals surface area contributed by atoms with E-state index in [4.69, 9.17) is 25.8 Å². The summed E-state index contributed by atoms with van der Waals surface area (Å²) in [6.07, 6.45) is 0.803. The summed E-state index contributed by atoms with van der Waals surface area (Å²) >= 11 is 6.59. The van der Waals surface area contributed by atoms with Crippen LogP contribution in [0.5, 0.6) is 0 Å². The summed E-state index contributed by atoms with van der Waals surface area (Å²) in [6.45, 7) is 9.76. The maximum atomic E-state index is 11.9. The Bertz CT molecular complexity index is 1000. The molecule has 1 aromatic heterocycles. The fourth-order valence-electron chi connectivity index (χ4n) is 3.20. The van der Waals surface area contributed by atoms with Gasteiger partial charge in [0.1, 0.15) is 12.3 Å². The molecule has 2 aromatic rings. The molecule has 2 rings (SSSR count). The van der Waals surface area contributed by atoms with Crippen molar-refractivity contribution in [3.05, 3.63) is 51.8 Å². The number of benzene rings is 1. The minimum Gasteiger partial charge on any atom is -0.452 e. The highest BCUT2D eigenvalue weighted by Gasteiger charge is 2.24. The van der Waals surface area contributed by atoms with Crippen molar-refractivity contribution < 1.29 is 19.0 Å². The second-order valence-corrected chi connectivity index (χ2v) is 8.82. The lowest BCUT2D eigenvalue weighted by Crippen LogP contribution is -2.21. The molecule has 1 atom stereocenters. The van der Waals surface area contributed by atoms with Crippen molar-refractivity contribution >= 4 is 35.1 Å². The second kappa shape index (κ2) is 10.8. The van der Waals surface area contributed by atoms with Gasteiger partial charge in [-0.3, -0.25) is 9.67 Å². The predicted molar refractivity (Wildman–Crippen MR) is 128 cm³/mol. The Hall–Kier alpha value is -2.64. The van der Waals surface area contributed by atoms with Gasteiger partial charge >= 0.3 is 5.97 Å². The molecule has 1 heterocycles. The molecule has 8 heteroatoms. The molecule has 0 N–H and O–H groups in total. The molecule has 0 saturated carbocycles. The van der Waals surface area contributed by atoms with Crippen LogP contribution < -0.4 is 0 Å². The van der Waals surface area contributed by atoms with Gasteiger partial charge in [-0.25, -0.2) is 4.79 Å². The monoisotopic (exact) mass is 461 g/mol. The number of halogens is 1. The minimum atomic E-state index is -0.895. The Morgan fingerprint density at radius 2 is 1.88 bits per heavy atom. The van der Waals surface area contributed by atoms with E-state index in [0.717, 1.165) is 5.56 Å². The first-order valence-electron chi connectivity index (χ1n) is 10.3. The third kappa shape index (κ3) is 6.20. The van der Waals surface area contributed by atoms with Crippen LogP contribution in [0.2, 0.25) is 5.02 Å². The van der Waals surface area contributed by atoms with Gasteiger partial charge in [-0.1, -0.05) is 56.6 Å². The van der Waals surface area contributed by atoms with E-state index in [-0.39, 0.29) is 12.0 Å². The maximum Gasteiger partial charge on any atom is 0.335 e. The first kappa shape index (κ1) is 25.6. The topological polar surface area (TPSA) is 74.9 Å². The van der Waals surface area contributed by atoms with E-state index >= 15 is 0 Å². The predicted octanol–water partition coefficient (Wildman–Crippen LogP) is 4.80. The van der Waals surface area contributed by atoms with Crippen molar-refractivity contribution in [1.29, 1.82) is 0 Å². The van der Waals surface area contributed by atoms with Crippen LogP contribution in [0.4, 0.5) is 0 Å². The van der Waals surface area contributed by atoms with Gasteiger partial charge in [0.05, 0.1) is 10.7 Å². The number of esters is 1. The average molecular weight is 462 g/mol. The van der Waals surface area contributed by atoms with Crippen LogP contribution in [0.1, 0.15) is 50.2 Å². The molecule has 32 heavy (non-hydrogen) atoms. The molecule has 1 aromatic carbocycles. The number of rotatable bonds is 8. The van der Waals surface area contributed by atoms with E-state index in [1.165, 1.54) is 12.7 Å². The second-order valence-electron chi connectivity index (χ2n) is 8.44. The SMILES string of the molecule is C/N=C\C(=C(\OC(C)OC(=O)COC)c1c(Cl)c(C)nn1C)c1ccc(C(C)(C)C)cc1. The van der Waals surface area contributed by atoms with Crippen molar-refractivity contribution in [3.63, 3.8) is 0 Å². The van der Waals surface area contributed by atoms with Crippen LogP contribution in [0, 0.1) is 6.92 Å². The number of carbonyl (C=O) groups is 1. The van der Waals surface area contributed by atoms with Crippen LogP contribution in [0.25, 0.3) is 11.3 Å². The van der Waals surface area contributed by atoms with Crippen molar-refractivity contribution in [2.24, 2.45) is 12.0 Å². The largest absolute Gasteiger partial charge is 0.452 e. The molecule has 1 unspecified atom stereocenters. The highest BCUT2D eigenvalue weighted by Crippen LogP contribution is 2.34. The van der Waals surface area contributed by atoms with E-state index in [1.807, 2.05) is 19.1 Å². The summed E-state index contributed by atoms with van der Waals surface area (Å²) in [5.41, 5.74) is 4.01. The zero-order chi connectivity index (χ0) is 24.1. The van der Waals surface area contributed by atoms with Crippen molar-refractivity contribution in [3.8, 4) is 0 Å². The summed E-state index contributed by atoms with van der Waals surface area (Å²) in [6, 6.07) is 8.18. The van der Waals surface area contributed by atoms with Crippen molar-refractivity contribution in [1.82, 2.24) is 9.78 Å². The number of allylic oxidation sites excluding steroid dienone is 1. The number of aliphatic imine (C=N–C) groups is 1. The number of hydrogen-bond donors (Lipinski definition) is 0. The third-order valence-corrected chi connectivity index (χ3v) is 5.22. The summed E-state index contributed by atoms with van der Waals surface area (Å²) in [4.78, 5) is 16.1. The molecular weight excluding hydrogens is 430 g/mol. The fourth-order valence-corrected chi connectivity index (χ4v) is 3.44. The zero-order valence-electron chi connectivity index (χ0n) is 20.0. The maximum absolute atomic E-state index is 11.9. The number of hydrogen-bond acceptors (Lipinski definition) is 6. The molecule has 0 saturated heterocycles. The van der Waals surface area contributed by atoms with E-state index in [0.29, 0.717) is 27.7 Å². The van der Waals surface area contributed by atoms with E-state index < -0.39 is 12.3 Å². The van der Waals surface area contributed by atoms with Crippen LogP contribution in [0.15, 0.2) is 29.3 Å². The van der Waals surface area contributed by atoms with Crippen molar-refractivity contribution in [2.75, 3.05) is 20.8 Å². The van der Waals surface area contributed by atoms with E-state index in [9.17, 15) is 4.79 Å². The molecule has 0 aliphatic carbocycles.